The van der Waals surface area contributed by atoms with Crippen molar-refractivity contribution in [2.24, 2.45) is 7.05 Å². The number of aryl methyl sites for hydroxylation is 1. The standard InChI is InChI=1S/C18H30N2O4Si/c1-18(2,3)25(8,9)24-11-14-19-12-10-13(21-5)16(22-6)17(23-7)15(12)20(14)4/h10H,11H2,1-9H3. The van der Waals surface area contributed by atoms with Gasteiger partial charge in [-0.3, -0.25) is 0 Å². The van der Waals surface area contributed by atoms with Crippen LogP contribution in [-0.2, 0) is 18.1 Å². The predicted octanol–water partition coefficient (Wildman–Crippen LogP) is 4.12. The molecule has 1 aromatic heterocycles. The number of ether oxygens (including phenoxy) is 3. The van der Waals surface area contributed by atoms with Crippen LogP contribution in [0.15, 0.2) is 6.07 Å². The number of imidazole rings is 1. The molecule has 0 atom stereocenters. The zero-order valence-electron chi connectivity index (χ0n) is 16.8. The topological polar surface area (TPSA) is 54.7 Å². The Balaban J connectivity index is 2.49. The lowest BCUT2D eigenvalue weighted by atomic mass is 10.2. The minimum absolute atomic E-state index is 0.154. The monoisotopic (exact) mass is 366 g/mol. The maximum absolute atomic E-state index is 6.33. The fraction of sp³-hybridized carbons (Fsp3) is 0.611. The first-order chi connectivity index (χ1) is 11.6. The highest BCUT2D eigenvalue weighted by Gasteiger charge is 2.37. The molecule has 0 N–H and O–H groups in total. The molecule has 6 nitrogen and oxygen atoms in total. The number of rotatable bonds is 6. The van der Waals surface area contributed by atoms with Gasteiger partial charge in [-0.05, 0) is 18.1 Å². The maximum Gasteiger partial charge on any atom is 0.205 e. The van der Waals surface area contributed by atoms with Crippen LogP contribution in [0.1, 0.15) is 26.6 Å². The molecule has 2 rings (SSSR count). The summed E-state index contributed by atoms with van der Waals surface area (Å²) in [5.74, 6) is 2.64. The van der Waals surface area contributed by atoms with E-state index >= 15 is 0 Å². The molecule has 0 bridgehead atoms. The third-order valence-electron chi connectivity index (χ3n) is 5.12. The van der Waals surface area contributed by atoms with Crippen molar-refractivity contribution in [3.8, 4) is 17.2 Å². The highest BCUT2D eigenvalue weighted by atomic mass is 28.4. The van der Waals surface area contributed by atoms with Crippen LogP contribution in [0.4, 0.5) is 0 Å². The SMILES string of the molecule is COc1cc2nc(CO[Si](C)(C)C(C)(C)C)n(C)c2c(OC)c1OC. The fourth-order valence-electron chi connectivity index (χ4n) is 2.47. The van der Waals surface area contributed by atoms with Gasteiger partial charge in [-0.1, -0.05) is 20.8 Å². The van der Waals surface area contributed by atoms with Crippen molar-refractivity contribution in [1.82, 2.24) is 9.55 Å². The summed E-state index contributed by atoms with van der Waals surface area (Å²) in [6.45, 7) is 11.6. The van der Waals surface area contributed by atoms with Crippen LogP contribution in [0.3, 0.4) is 0 Å². The van der Waals surface area contributed by atoms with Crippen LogP contribution in [0.25, 0.3) is 11.0 Å². The van der Waals surface area contributed by atoms with E-state index in [1.54, 1.807) is 21.3 Å². The number of aromatic nitrogens is 2. The van der Waals surface area contributed by atoms with E-state index < -0.39 is 8.32 Å². The Morgan fingerprint density at radius 3 is 2.12 bits per heavy atom. The van der Waals surface area contributed by atoms with Crippen molar-refractivity contribution in [2.75, 3.05) is 21.3 Å². The molecule has 0 saturated heterocycles. The molecular formula is C18H30N2O4Si. The second kappa shape index (κ2) is 6.88. The molecule has 0 aliphatic heterocycles. The van der Waals surface area contributed by atoms with Gasteiger partial charge in [-0.15, -0.1) is 0 Å². The van der Waals surface area contributed by atoms with Gasteiger partial charge < -0.3 is 23.2 Å². The Bertz CT molecular complexity index is 763. The number of nitrogens with zero attached hydrogens (tertiary/aromatic N) is 2. The van der Waals surface area contributed by atoms with Gasteiger partial charge in [-0.25, -0.2) is 4.98 Å². The fourth-order valence-corrected chi connectivity index (χ4v) is 3.39. The zero-order valence-corrected chi connectivity index (χ0v) is 17.8. The first-order valence-corrected chi connectivity index (χ1v) is 11.3. The quantitative estimate of drug-likeness (QED) is 0.720. The van der Waals surface area contributed by atoms with Gasteiger partial charge in [0.05, 0.1) is 33.5 Å². The van der Waals surface area contributed by atoms with Crippen molar-refractivity contribution >= 4 is 19.4 Å². The van der Waals surface area contributed by atoms with E-state index in [9.17, 15) is 0 Å². The minimum Gasteiger partial charge on any atom is -0.493 e. The van der Waals surface area contributed by atoms with Crippen molar-refractivity contribution in [3.05, 3.63) is 11.9 Å². The lowest BCUT2D eigenvalue weighted by Crippen LogP contribution is -2.40. The second-order valence-corrected chi connectivity index (χ2v) is 12.5. The van der Waals surface area contributed by atoms with Gasteiger partial charge in [-0.2, -0.15) is 0 Å². The number of hydrogen-bond acceptors (Lipinski definition) is 5. The maximum atomic E-state index is 6.33. The van der Waals surface area contributed by atoms with E-state index in [2.05, 4.69) is 33.9 Å². The van der Waals surface area contributed by atoms with Crippen LogP contribution < -0.4 is 14.2 Å². The summed E-state index contributed by atoms with van der Waals surface area (Å²) >= 11 is 0. The van der Waals surface area contributed by atoms with Crippen LogP contribution in [0, 0.1) is 0 Å². The molecule has 0 aliphatic carbocycles. The number of benzene rings is 1. The van der Waals surface area contributed by atoms with Gasteiger partial charge in [0, 0.05) is 13.1 Å². The third kappa shape index (κ3) is 3.48. The Morgan fingerprint density at radius 1 is 1.04 bits per heavy atom. The number of fused-ring (bicyclic) bond motifs is 1. The second-order valence-electron chi connectivity index (χ2n) is 7.65. The third-order valence-corrected chi connectivity index (χ3v) is 9.60. The largest absolute Gasteiger partial charge is 0.493 e. The molecule has 140 valence electrons. The van der Waals surface area contributed by atoms with E-state index in [0.29, 0.717) is 23.9 Å². The minimum atomic E-state index is -1.85. The summed E-state index contributed by atoms with van der Waals surface area (Å²) in [5.41, 5.74) is 1.67. The summed E-state index contributed by atoms with van der Waals surface area (Å²) in [6.07, 6.45) is 0. The highest BCUT2D eigenvalue weighted by molar-refractivity contribution is 6.74. The first-order valence-electron chi connectivity index (χ1n) is 8.35. The van der Waals surface area contributed by atoms with Crippen molar-refractivity contribution in [2.45, 2.75) is 45.5 Å². The van der Waals surface area contributed by atoms with E-state index in [-0.39, 0.29) is 5.04 Å². The van der Waals surface area contributed by atoms with Crippen molar-refractivity contribution < 1.29 is 18.6 Å². The molecular weight excluding hydrogens is 336 g/mol. The molecule has 1 aromatic carbocycles. The van der Waals surface area contributed by atoms with Crippen LogP contribution in [0.5, 0.6) is 17.2 Å². The molecule has 0 fully saturated rings. The first kappa shape index (κ1) is 19.6. The molecule has 0 aliphatic rings. The highest BCUT2D eigenvalue weighted by Crippen LogP contribution is 2.43. The van der Waals surface area contributed by atoms with Crippen LogP contribution >= 0.6 is 0 Å². The molecule has 7 heteroatoms. The normalized spacial score (nSPS) is 12.5. The van der Waals surface area contributed by atoms with Gasteiger partial charge in [0.1, 0.15) is 11.3 Å². The molecule has 2 aromatic rings. The van der Waals surface area contributed by atoms with Crippen molar-refractivity contribution in [1.29, 1.82) is 0 Å². The number of hydrogen-bond donors (Lipinski definition) is 0. The predicted molar refractivity (Wildman–Crippen MR) is 102 cm³/mol. The van der Waals surface area contributed by atoms with E-state index in [0.717, 1.165) is 16.9 Å². The Morgan fingerprint density at radius 2 is 1.64 bits per heavy atom. The van der Waals surface area contributed by atoms with Crippen LogP contribution in [-0.4, -0.2) is 39.2 Å². The Hall–Kier alpha value is -1.73. The Kier molecular flexibility index (Phi) is 5.39. The van der Waals surface area contributed by atoms with E-state index in [4.69, 9.17) is 23.6 Å². The average molecular weight is 367 g/mol. The summed E-state index contributed by atoms with van der Waals surface area (Å²) in [5, 5.41) is 0.154. The molecule has 0 saturated carbocycles. The molecule has 0 radical (unpaired) electrons. The van der Waals surface area contributed by atoms with Crippen molar-refractivity contribution in [3.63, 3.8) is 0 Å². The summed E-state index contributed by atoms with van der Waals surface area (Å²) in [6, 6.07) is 1.87. The lowest BCUT2D eigenvalue weighted by Gasteiger charge is -2.35. The van der Waals surface area contributed by atoms with E-state index in [1.165, 1.54) is 0 Å². The number of methoxy groups -OCH3 is 3. The van der Waals surface area contributed by atoms with Gasteiger partial charge in [0.2, 0.25) is 5.75 Å². The molecule has 0 amide bonds. The molecule has 0 spiro atoms. The van der Waals surface area contributed by atoms with Gasteiger partial charge >= 0.3 is 0 Å². The Labute approximate surface area is 151 Å². The van der Waals surface area contributed by atoms with Crippen LogP contribution in [0.2, 0.25) is 18.1 Å². The smallest absolute Gasteiger partial charge is 0.205 e. The molecule has 1 heterocycles. The van der Waals surface area contributed by atoms with E-state index in [1.807, 2.05) is 17.7 Å². The molecule has 0 unspecified atom stereocenters. The van der Waals surface area contributed by atoms with Gasteiger partial charge in [0.15, 0.2) is 19.8 Å². The lowest BCUT2D eigenvalue weighted by molar-refractivity contribution is 0.264. The van der Waals surface area contributed by atoms with Gasteiger partial charge in [0.25, 0.3) is 0 Å². The zero-order chi connectivity index (χ0) is 19.0. The molecule has 25 heavy (non-hydrogen) atoms. The summed E-state index contributed by atoms with van der Waals surface area (Å²) < 4.78 is 24.8. The summed E-state index contributed by atoms with van der Waals surface area (Å²) in [7, 11) is 4.94. The average Bonchev–Trinajstić information content (AvgIpc) is 2.86. The summed E-state index contributed by atoms with van der Waals surface area (Å²) in [4.78, 5) is 4.73.